The molecule has 0 aromatic heterocycles. The molecule has 0 saturated carbocycles. The molecule has 2 aliphatic heterocycles. The van der Waals surface area contributed by atoms with E-state index in [0.29, 0.717) is 6.54 Å². The molecule has 1 N–H and O–H groups in total. The van der Waals surface area contributed by atoms with Crippen molar-refractivity contribution in [1.29, 1.82) is 0 Å². The minimum Gasteiger partial charge on any atom is -0.317 e. The molecule has 2 heterocycles. The van der Waals surface area contributed by atoms with Crippen molar-refractivity contribution in [2.24, 2.45) is 5.41 Å². The molecule has 5 heteroatoms. The third kappa shape index (κ3) is 3.01. The Morgan fingerprint density at radius 3 is 2.47 bits per heavy atom. The fourth-order valence-corrected chi connectivity index (χ4v) is 5.06. The Bertz CT molecular complexity index is 359. The molecule has 2 aliphatic rings. The zero-order valence-corrected chi connectivity index (χ0v) is 11.7. The van der Waals surface area contributed by atoms with Gasteiger partial charge in [0.1, 0.15) is 0 Å². The van der Waals surface area contributed by atoms with Crippen LogP contribution in [0.15, 0.2) is 0 Å². The molecule has 2 rings (SSSR count). The van der Waals surface area contributed by atoms with Crippen LogP contribution in [0, 0.1) is 5.41 Å². The lowest BCUT2D eigenvalue weighted by Crippen LogP contribution is -2.49. The molecule has 100 valence electrons. The molecule has 17 heavy (non-hydrogen) atoms. The van der Waals surface area contributed by atoms with Crippen molar-refractivity contribution in [3.8, 4) is 0 Å². The third-order valence-corrected chi connectivity index (χ3v) is 6.28. The molecule has 0 aromatic rings. The van der Waals surface area contributed by atoms with E-state index in [1.54, 1.807) is 4.31 Å². The van der Waals surface area contributed by atoms with E-state index in [2.05, 4.69) is 19.2 Å². The SMILES string of the molecule is CC1(C)CCCN(S(=O)(=O)C2CCNCC2)C1. The zero-order chi connectivity index (χ0) is 12.5. The summed E-state index contributed by atoms with van der Waals surface area (Å²) in [5.74, 6) is 0. The minimum absolute atomic E-state index is 0.137. The molecule has 4 nitrogen and oxygen atoms in total. The van der Waals surface area contributed by atoms with Gasteiger partial charge in [-0.2, -0.15) is 0 Å². The first kappa shape index (κ1) is 13.3. The predicted molar refractivity (Wildman–Crippen MR) is 69.4 cm³/mol. The van der Waals surface area contributed by atoms with Gasteiger partial charge in [0, 0.05) is 13.1 Å². The lowest BCUT2D eigenvalue weighted by atomic mass is 9.85. The Kier molecular flexibility index (Phi) is 3.80. The average Bonchev–Trinajstić information content (AvgIpc) is 2.29. The van der Waals surface area contributed by atoms with Crippen LogP contribution in [0.1, 0.15) is 39.5 Å². The second-order valence-corrected chi connectivity index (χ2v) is 8.31. The molecule has 2 fully saturated rings. The van der Waals surface area contributed by atoms with Gasteiger partial charge in [0.05, 0.1) is 5.25 Å². The Morgan fingerprint density at radius 1 is 1.24 bits per heavy atom. The van der Waals surface area contributed by atoms with Gasteiger partial charge >= 0.3 is 0 Å². The average molecular weight is 260 g/mol. The Balaban J connectivity index is 2.09. The van der Waals surface area contributed by atoms with Crippen molar-refractivity contribution in [1.82, 2.24) is 9.62 Å². The van der Waals surface area contributed by atoms with Gasteiger partial charge in [-0.15, -0.1) is 0 Å². The van der Waals surface area contributed by atoms with Gasteiger partial charge < -0.3 is 5.32 Å². The summed E-state index contributed by atoms with van der Waals surface area (Å²) >= 11 is 0. The fourth-order valence-electron chi connectivity index (χ4n) is 2.89. The Labute approximate surface area is 105 Å². The van der Waals surface area contributed by atoms with Gasteiger partial charge in [0.15, 0.2) is 0 Å². The quantitative estimate of drug-likeness (QED) is 0.811. The van der Waals surface area contributed by atoms with Crippen LogP contribution < -0.4 is 5.32 Å². The third-order valence-electron chi connectivity index (χ3n) is 3.93. The van der Waals surface area contributed by atoms with E-state index in [9.17, 15) is 8.42 Å². The minimum atomic E-state index is -3.06. The van der Waals surface area contributed by atoms with Crippen LogP contribution in [-0.2, 0) is 10.0 Å². The topological polar surface area (TPSA) is 49.4 Å². The fraction of sp³-hybridized carbons (Fsp3) is 1.00. The van der Waals surface area contributed by atoms with E-state index in [-0.39, 0.29) is 10.7 Å². The maximum absolute atomic E-state index is 12.5. The molecule has 0 bridgehead atoms. The summed E-state index contributed by atoms with van der Waals surface area (Å²) in [6, 6.07) is 0. The standard InChI is InChI=1S/C12H24N2O2S/c1-12(2)6-3-9-14(10-12)17(15,16)11-4-7-13-8-5-11/h11,13H,3-10H2,1-2H3. The summed E-state index contributed by atoms with van der Waals surface area (Å²) in [5, 5.41) is 3.07. The van der Waals surface area contributed by atoms with Crippen molar-refractivity contribution in [3.63, 3.8) is 0 Å². The molecular formula is C12H24N2O2S. The van der Waals surface area contributed by atoms with Crippen molar-refractivity contribution >= 4 is 10.0 Å². The molecule has 0 unspecified atom stereocenters. The lowest BCUT2D eigenvalue weighted by Gasteiger charge is -2.39. The lowest BCUT2D eigenvalue weighted by molar-refractivity contribution is 0.185. The summed E-state index contributed by atoms with van der Waals surface area (Å²) in [5.41, 5.74) is 0.137. The smallest absolute Gasteiger partial charge is 0.217 e. The molecule has 2 saturated heterocycles. The van der Waals surface area contributed by atoms with Crippen molar-refractivity contribution in [2.45, 2.75) is 44.8 Å². The summed E-state index contributed by atoms with van der Waals surface area (Å²) in [7, 11) is -3.06. The maximum Gasteiger partial charge on any atom is 0.217 e. The van der Waals surface area contributed by atoms with Crippen molar-refractivity contribution in [2.75, 3.05) is 26.2 Å². The first-order valence-corrected chi connectivity index (χ1v) is 8.12. The summed E-state index contributed by atoms with van der Waals surface area (Å²) in [4.78, 5) is 0. The first-order valence-electron chi connectivity index (χ1n) is 6.61. The highest BCUT2D eigenvalue weighted by Crippen LogP contribution is 2.31. The van der Waals surface area contributed by atoms with Crippen LogP contribution in [-0.4, -0.2) is 44.2 Å². The predicted octanol–water partition coefficient (Wildman–Crippen LogP) is 1.19. The highest BCUT2D eigenvalue weighted by molar-refractivity contribution is 7.89. The van der Waals surface area contributed by atoms with Gasteiger partial charge in [0.25, 0.3) is 0 Å². The second-order valence-electron chi connectivity index (χ2n) is 6.10. The molecule has 0 aliphatic carbocycles. The van der Waals surface area contributed by atoms with Crippen LogP contribution in [0.5, 0.6) is 0 Å². The van der Waals surface area contributed by atoms with Crippen molar-refractivity contribution in [3.05, 3.63) is 0 Å². The highest BCUT2D eigenvalue weighted by Gasteiger charge is 2.37. The molecule has 0 amide bonds. The van der Waals surface area contributed by atoms with E-state index in [1.165, 1.54) is 0 Å². The van der Waals surface area contributed by atoms with Gasteiger partial charge in [-0.05, 0) is 44.2 Å². The number of piperidine rings is 2. The molecule has 0 aromatic carbocycles. The number of nitrogens with one attached hydrogen (secondary N) is 1. The molecule has 0 spiro atoms. The second kappa shape index (κ2) is 4.86. The molecular weight excluding hydrogens is 236 g/mol. The van der Waals surface area contributed by atoms with E-state index in [4.69, 9.17) is 0 Å². The van der Waals surface area contributed by atoms with E-state index >= 15 is 0 Å². The number of rotatable bonds is 2. The number of hydrogen-bond acceptors (Lipinski definition) is 3. The summed E-state index contributed by atoms with van der Waals surface area (Å²) in [6.07, 6.45) is 3.65. The Hall–Kier alpha value is -0.130. The first-order chi connectivity index (χ1) is 7.92. The monoisotopic (exact) mass is 260 g/mol. The van der Waals surface area contributed by atoms with E-state index in [0.717, 1.165) is 45.3 Å². The van der Waals surface area contributed by atoms with Crippen LogP contribution in [0.3, 0.4) is 0 Å². The molecule has 0 radical (unpaired) electrons. The number of nitrogens with zero attached hydrogens (tertiary/aromatic N) is 1. The van der Waals surface area contributed by atoms with Crippen LogP contribution in [0.2, 0.25) is 0 Å². The van der Waals surface area contributed by atoms with Crippen LogP contribution in [0.4, 0.5) is 0 Å². The number of hydrogen-bond donors (Lipinski definition) is 1. The van der Waals surface area contributed by atoms with E-state index in [1.807, 2.05) is 0 Å². The van der Waals surface area contributed by atoms with E-state index < -0.39 is 10.0 Å². The largest absolute Gasteiger partial charge is 0.317 e. The molecule has 0 atom stereocenters. The van der Waals surface area contributed by atoms with Gasteiger partial charge in [-0.3, -0.25) is 0 Å². The highest BCUT2D eigenvalue weighted by atomic mass is 32.2. The summed E-state index contributed by atoms with van der Waals surface area (Å²) in [6.45, 7) is 7.41. The van der Waals surface area contributed by atoms with Gasteiger partial charge in [-0.1, -0.05) is 13.8 Å². The van der Waals surface area contributed by atoms with Gasteiger partial charge in [0.2, 0.25) is 10.0 Å². The number of sulfonamides is 1. The van der Waals surface area contributed by atoms with Crippen LogP contribution >= 0.6 is 0 Å². The normalized spacial score (nSPS) is 28.1. The van der Waals surface area contributed by atoms with Gasteiger partial charge in [-0.25, -0.2) is 12.7 Å². The van der Waals surface area contributed by atoms with Crippen molar-refractivity contribution < 1.29 is 8.42 Å². The zero-order valence-electron chi connectivity index (χ0n) is 10.9. The Morgan fingerprint density at radius 2 is 1.88 bits per heavy atom. The van der Waals surface area contributed by atoms with Crippen LogP contribution in [0.25, 0.3) is 0 Å². The summed E-state index contributed by atoms with van der Waals surface area (Å²) < 4.78 is 26.8. The maximum atomic E-state index is 12.5.